The van der Waals surface area contributed by atoms with Crippen LogP contribution in [0.1, 0.15) is 32.1 Å². The lowest BCUT2D eigenvalue weighted by Crippen LogP contribution is -2.31. The van der Waals surface area contributed by atoms with Crippen LogP contribution < -0.4 is 5.32 Å². The summed E-state index contributed by atoms with van der Waals surface area (Å²) in [7, 11) is 0. The van der Waals surface area contributed by atoms with Gasteiger partial charge in [0.15, 0.2) is 0 Å². The zero-order valence-corrected chi connectivity index (χ0v) is 11.6. The van der Waals surface area contributed by atoms with Crippen molar-refractivity contribution in [2.45, 2.75) is 32.4 Å². The van der Waals surface area contributed by atoms with Gasteiger partial charge in [0.25, 0.3) is 0 Å². The molecule has 3 heteroatoms. The first-order valence-electron chi connectivity index (χ1n) is 7.13. The smallest absolute Gasteiger partial charge is 0.134 e. The van der Waals surface area contributed by atoms with E-state index in [0.29, 0.717) is 5.92 Å². The third-order valence-corrected chi connectivity index (χ3v) is 4.04. The maximum Gasteiger partial charge on any atom is 0.134 e. The zero-order valence-electron chi connectivity index (χ0n) is 11.6. The number of rotatable bonds is 4. The van der Waals surface area contributed by atoms with Gasteiger partial charge in [0.2, 0.25) is 0 Å². The van der Waals surface area contributed by atoms with Crippen LogP contribution in [0.25, 0.3) is 11.0 Å². The lowest BCUT2D eigenvalue weighted by Gasteiger charge is -2.24. The van der Waals surface area contributed by atoms with Crippen LogP contribution in [-0.2, 0) is 4.74 Å². The van der Waals surface area contributed by atoms with Crippen LogP contribution in [0.5, 0.6) is 0 Å². The van der Waals surface area contributed by atoms with Crippen molar-refractivity contribution in [3.63, 3.8) is 0 Å². The SMILES string of the molecule is CCNC(c1cc2ccccc2o1)C1CCOC1C. The fourth-order valence-corrected chi connectivity index (χ4v) is 3.02. The second-order valence-electron chi connectivity index (χ2n) is 5.25. The summed E-state index contributed by atoms with van der Waals surface area (Å²) in [6, 6.07) is 10.6. The maximum atomic E-state index is 6.03. The van der Waals surface area contributed by atoms with Crippen LogP contribution in [-0.4, -0.2) is 19.3 Å². The molecule has 1 aliphatic rings. The Balaban J connectivity index is 1.94. The molecule has 1 aliphatic heterocycles. The number of benzene rings is 1. The van der Waals surface area contributed by atoms with Gasteiger partial charge in [-0.2, -0.15) is 0 Å². The highest BCUT2D eigenvalue weighted by atomic mass is 16.5. The summed E-state index contributed by atoms with van der Waals surface area (Å²) in [5, 5.41) is 4.73. The van der Waals surface area contributed by atoms with Crippen molar-refractivity contribution in [3.05, 3.63) is 36.1 Å². The van der Waals surface area contributed by atoms with E-state index < -0.39 is 0 Å². The van der Waals surface area contributed by atoms with Gasteiger partial charge in [-0.3, -0.25) is 0 Å². The highest BCUT2D eigenvalue weighted by Gasteiger charge is 2.34. The number of ether oxygens (including phenoxy) is 1. The van der Waals surface area contributed by atoms with E-state index in [2.05, 4.69) is 31.3 Å². The summed E-state index contributed by atoms with van der Waals surface area (Å²) < 4.78 is 11.7. The zero-order chi connectivity index (χ0) is 13.2. The van der Waals surface area contributed by atoms with Crippen molar-refractivity contribution in [2.75, 3.05) is 13.2 Å². The van der Waals surface area contributed by atoms with E-state index in [9.17, 15) is 0 Å². The van der Waals surface area contributed by atoms with E-state index in [1.165, 1.54) is 5.39 Å². The number of para-hydroxylation sites is 1. The molecule has 0 saturated carbocycles. The van der Waals surface area contributed by atoms with Crippen molar-refractivity contribution >= 4 is 11.0 Å². The van der Waals surface area contributed by atoms with Gasteiger partial charge in [-0.05, 0) is 32.0 Å². The molecular weight excluding hydrogens is 238 g/mol. The Hall–Kier alpha value is -1.32. The minimum atomic E-state index is 0.245. The van der Waals surface area contributed by atoms with Crippen LogP contribution >= 0.6 is 0 Å². The van der Waals surface area contributed by atoms with Crippen molar-refractivity contribution in [3.8, 4) is 0 Å². The average molecular weight is 259 g/mol. The predicted molar refractivity (Wildman–Crippen MR) is 76.2 cm³/mol. The van der Waals surface area contributed by atoms with Crippen molar-refractivity contribution in [1.82, 2.24) is 5.32 Å². The molecule has 0 amide bonds. The fourth-order valence-electron chi connectivity index (χ4n) is 3.02. The first-order valence-corrected chi connectivity index (χ1v) is 7.13. The quantitative estimate of drug-likeness (QED) is 0.912. The molecule has 3 unspecified atom stereocenters. The molecule has 19 heavy (non-hydrogen) atoms. The largest absolute Gasteiger partial charge is 0.459 e. The monoisotopic (exact) mass is 259 g/mol. The van der Waals surface area contributed by atoms with Crippen LogP contribution in [0, 0.1) is 5.92 Å². The number of hydrogen-bond donors (Lipinski definition) is 1. The molecule has 1 aromatic heterocycles. The number of nitrogens with one attached hydrogen (secondary N) is 1. The fraction of sp³-hybridized carbons (Fsp3) is 0.500. The van der Waals surface area contributed by atoms with E-state index in [-0.39, 0.29) is 12.1 Å². The summed E-state index contributed by atoms with van der Waals surface area (Å²) in [4.78, 5) is 0. The molecule has 3 atom stereocenters. The Bertz CT molecular complexity index is 515. The van der Waals surface area contributed by atoms with E-state index >= 15 is 0 Å². The van der Waals surface area contributed by atoms with E-state index in [1.807, 2.05) is 18.2 Å². The normalized spacial score (nSPS) is 24.9. The van der Waals surface area contributed by atoms with Gasteiger partial charge in [0.1, 0.15) is 11.3 Å². The lowest BCUT2D eigenvalue weighted by atomic mass is 9.91. The van der Waals surface area contributed by atoms with E-state index in [4.69, 9.17) is 9.15 Å². The van der Waals surface area contributed by atoms with E-state index in [0.717, 1.165) is 30.9 Å². The topological polar surface area (TPSA) is 34.4 Å². The maximum absolute atomic E-state index is 6.03. The summed E-state index contributed by atoms with van der Waals surface area (Å²) >= 11 is 0. The molecular formula is C16H21NO2. The summed E-state index contributed by atoms with van der Waals surface area (Å²) in [5.74, 6) is 1.52. The Labute approximate surface area is 113 Å². The van der Waals surface area contributed by atoms with Gasteiger partial charge < -0.3 is 14.5 Å². The lowest BCUT2D eigenvalue weighted by molar-refractivity contribution is 0.0929. The molecule has 0 radical (unpaired) electrons. The molecule has 3 rings (SSSR count). The Morgan fingerprint density at radius 2 is 2.21 bits per heavy atom. The Morgan fingerprint density at radius 1 is 1.37 bits per heavy atom. The molecule has 1 aromatic carbocycles. The van der Waals surface area contributed by atoms with Crippen LogP contribution in [0.4, 0.5) is 0 Å². The molecule has 3 nitrogen and oxygen atoms in total. The van der Waals surface area contributed by atoms with Gasteiger partial charge in [0.05, 0.1) is 12.1 Å². The standard InChI is InChI=1S/C16H21NO2/c1-3-17-16(13-8-9-18-11(13)2)15-10-12-6-4-5-7-14(12)19-15/h4-7,10-11,13,16-17H,3,8-9H2,1-2H3. The van der Waals surface area contributed by atoms with Gasteiger partial charge in [0, 0.05) is 17.9 Å². The molecule has 2 heterocycles. The minimum Gasteiger partial charge on any atom is -0.459 e. The first-order chi connectivity index (χ1) is 9.29. The Kier molecular flexibility index (Phi) is 3.58. The van der Waals surface area contributed by atoms with Crippen molar-refractivity contribution < 1.29 is 9.15 Å². The molecule has 102 valence electrons. The van der Waals surface area contributed by atoms with Crippen LogP contribution in [0.3, 0.4) is 0 Å². The number of furan rings is 1. The predicted octanol–water partition coefficient (Wildman–Crippen LogP) is 3.51. The third-order valence-electron chi connectivity index (χ3n) is 4.04. The number of hydrogen-bond acceptors (Lipinski definition) is 3. The highest BCUT2D eigenvalue weighted by Crippen LogP contribution is 2.35. The van der Waals surface area contributed by atoms with Gasteiger partial charge in [-0.25, -0.2) is 0 Å². The minimum absolute atomic E-state index is 0.245. The molecule has 0 bridgehead atoms. The summed E-state index contributed by atoms with van der Waals surface area (Å²) in [6.07, 6.45) is 1.38. The third kappa shape index (κ3) is 2.40. The van der Waals surface area contributed by atoms with Crippen molar-refractivity contribution in [1.29, 1.82) is 0 Å². The molecule has 1 saturated heterocycles. The summed E-state index contributed by atoms with van der Waals surface area (Å²) in [5.41, 5.74) is 0.965. The van der Waals surface area contributed by atoms with Gasteiger partial charge in [-0.15, -0.1) is 0 Å². The highest BCUT2D eigenvalue weighted by molar-refractivity contribution is 5.77. The Morgan fingerprint density at radius 3 is 2.89 bits per heavy atom. The molecule has 0 aliphatic carbocycles. The summed E-state index contributed by atoms with van der Waals surface area (Å²) in [6.45, 7) is 6.08. The van der Waals surface area contributed by atoms with Gasteiger partial charge >= 0.3 is 0 Å². The van der Waals surface area contributed by atoms with Gasteiger partial charge in [-0.1, -0.05) is 25.1 Å². The molecule has 1 fully saturated rings. The molecule has 0 spiro atoms. The van der Waals surface area contributed by atoms with Crippen LogP contribution in [0.2, 0.25) is 0 Å². The van der Waals surface area contributed by atoms with E-state index in [1.54, 1.807) is 0 Å². The number of fused-ring (bicyclic) bond motifs is 1. The van der Waals surface area contributed by atoms with Crippen LogP contribution in [0.15, 0.2) is 34.7 Å². The second kappa shape index (κ2) is 5.35. The average Bonchev–Trinajstić information content (AvgIpc) is 3.02. The first kappa shape index (κ1) is 12.7. The molecule has 2 aromatic rings. The van der Waals surface area contributed by atoms with Crippen molar-refractivity contribution in [2.24, 2.45) is 5.92 Å². The second-order valence-corrected chi connectivity index (χ2v) is 5.25. The molecule has 1 N–H and O–H groups in total.